The number of aromatic nitrogens is 2. The van der Waals surface area contributed by atoms with Crippen LogP contribution in [-0.2, 0) is 9.59 Å². The summed E-state index contributed by atoms with van der Waals surface area (Å²) in [4.78, 5) is 36.9. The van der Waals surface area contributed by atoms with Gasteiger partial charge in [-0.1, -0.05) is 18.2 Å². The molecule has 2 amide bonds. The Kier molecular flexibility index (Phi) is 5.50. The van der Waals surface area contributed by atoms with Gasteiger partial charge in [0.05, 0.1) is 18.4 Å². The summed E-state index contributed by atoms with van der Waals surface area (Å²) >= 11 is 0. The number of nitrogens with zero attached hydrogens (tertiary/aromatic N) is 4. The highest BCUT2D eigenvalue weighted by Gasteiger charge is 2.29. The average molecular weight is 380 g/mol. The van der Waals surface area contributed by atoms with Crippen molar-refractivity contribution in [1.29, 1.82) is 0 Å². The predicted octanol–water partition coefficient (Wildman–Crippen LogP) is 2.60. The molecule has 3 heterocycles. The molecule has 1 aromatic carbocycles. The first-order chi connectivity index (χ1) is 13.7. The van der Waals surface area contributed by atoms with Crippen LogP contribution in [0.15, 0.2) is 42.7 Å². The third-order valence-electron chi connectivity index (χ3n) is 5.29. The Morgan fingerprint density at radius 3 is 2.79 bits per heavy atom. The van der Waals surface area contributed by atoms with E-state index < -0.39 is 0 Å². The van der Waals surface area contributed by atoms with Gasteiger partial charge in [0.25, 0.3) is 0 Å². The Morgan fingerprint density at radius 2 is 2.00 bits per heavy atom. The van der Waals surface area contributed by atoms with Crippen LogP contribution in [-0.4, -0.2) is 57.8 Å². The lowest BCUT2D eigenvalue weighted by molar-refractivity contribution is -0.139. The molecule has 146 valence electrons. The Bertz CT molecular complexity index is 843. The van der Waals surface area contributed by atoms with Crippen molar-refractivity contribution in [3.63, 3.8) is 0 Å². The highest BCUT2D eigenvalue weighted by atomic mass is 16.5. The largest absolute Gasteiger partial charge is 0.437 e. The van der Waals surface area contributed by atoms with E-state index in [0.29, 0.717) is 31.1 Å². The third kappa shape index (κ3) is 4.30. The molecule has 0 aliphatic carbocycles. The minimum atomic E-state index is 0.0181. The number of piperidine rings is 1. The van der Waals surface area contributed by atoms with E-state index in [4.69, 9.17) is 4.74 Å². The van der Waals surface area contributed by atoms with Crippen LogP contribution in [0.5, 0.6) is 11.6 Å². The van der Waals surface area contributed by atoms with Gasteiger partial charge in [0.1, 0.15) is 5.75 Å². The molecule has 0 saturated carbocycles. The monoisotopic (exact) mass is 380 g/mol. The second-order valence-electron chi connectivity index (χ2n) is 7.30. The number of hydrogen-bond donors (Lipinski definition) is 0. The maximum absolute atomic E-state index is 12.7. The van der Waals surface area contributed by atoms with Crippen molar-refractivity contribution in [3.05, 3.63) is 48.4 Å². The smallest absolute Gasteiger partial charge is 0.242 e. The van der Waals surface area contributed by atoms with Gasteiger partial charge in [-0.05, 0) is 31.4 Å². The number of ether oxygens (including phenoxy) is 1. The van der Waals surface area contributed by atoms with Gasteiger partial charge < -0.3 is 14.5 Å². The van der Waals surface area contributed by atoms with Crippen molar-refractivity contribution >= 4 is 11.8 Å². The fraction of sp³-hybridized carbons (Fsp3) is 0.429. The van der Waals surface area contributed by atoms with Crippen molar-refractivity contribution in [3.8, 4) is 11.6 Å². The van der Waals surface area contributed by atoms with E-state index in [1.165, 1.54) is 0 Å². The Balaban J connectivity index is 1.40. The molecule has 0 spiro atoms. The molecule has 0 bridgehead atoms. The molecular formula is C21H24N4O3. The van der Waals surface area contributed by atoms with E-state index >= 15 is 0 Å². The standard InChI is InChI=1S/C21H24N4O3/c26-20-9-5-11-25(20)15-21(27)24-10-4-6-16(14-24)18-12-22-13-19(23-18)28-17-7-2-1-3-8-17/h1-3,7-8,12-13,16H,4-6,9-11,14-15H2. The predicted molar refractivity (Wildman–Crippen MR) is 103 cm³/mol. The zero-order chi connectivity index (χ0) is 19.3. The summed E-state index contributed by atoms with van der Waals surface area (Å²) in [5, 5.41) is 0. The van der Waals surface area contributed by atoms with Crippen LogP contribution in [0.4, 0.5) is 0 Å². The first-order valence-corrected chi connectivity index (χ1v) is 9.79. The molecule has 28 heavy (non-hydrogen) atoms. The van der Waals surface area contributed by atoms with Gasteiger partial charge in [0.2, 0.25) is 17.7 Å². The zero-order valence-corrected chi connectivity index (χ0v) is 15.8. The molecule has 0 radical (unpaired) electrons. The number of amides is 2. The van der Waals surface area contributed by atoms with E-state index in [2.05, 4.69) is 9.97 Å². The van der Waals surface area contributed by atoms with Crippen molar-refractivity contribution in [1.82, 2.24) is 19.8 Å². The fourth-order valence-corrected chi connectivity index (χ4v) is 3.80. The molecule has 0 N–H and O–H groups in total. The first-order valence-electron chi connectivity index (χ1n) is 9.79. The van der Waals surface area contributed by atoms with Gasteiger partial charge >= 0.3 is 0 Å². The van der Waals surface area contributed by atoms with E-state index in [-0.39, 0.29) is 24.3 Å². The van der Waals surface area contributed by atoms with Crippen molar-refractivity contribution in [2.45, 2.75) is 31.6 Å². The minimum Gasteiger partial charge on any atom is -0.437 e. The van der Waals surface area contributed by atoms with Crippen LogP contribution in [0.2, 0.25) is 0 Å². The number of benzene rings is 1. The van der Waals surface area contributed by atoms with Gasteiger partial charge in [-0.15, -0.1) is 0 Å². The molecule has 1 aromatic heterocycles. The van der Waals surface area contributed by atoms with Crippen LogP contribution < -0.4 is 4.74 Å². The first kappa shape index (κ1) is 18.4. The van der Waals surface area contributed by atoms with Crippen molar-refractivity contribution in [2.75, 3.05) is 26.2 Å². The van der Waals surface area contributed by atoms with Gasteiger partial charge in [-0.25, -0.2) is 4.98 Å². The summed E-state index contributed by atoms with van der Waals surface area (Å²) in [6, 6.07) is 9.48. The van der Waals surface area contributed by atoms with Crippen LogP contribution in [0.3, 0.4) is 0 Å². The van der Waals surface area contributed by atoms with Crippen LogP contribution in [0.1, 0.15) is 37.3 Å². The Hall–Kier alpha value is -2.96. The van der Waals surface area contributed by atoms with Gasteiger partial charge in [0.15, 0.2) is 0 Å². The summed E-state index contributed by atoms with van der Waals surface area (Å²) in [5.74, 6) is 1.39. The third-order valence-corrected chi connectivity index (χ3v) is 5.29. The maximum atomic E-state index is 12.7. The normalized spacial score (nSPS) is 19.7. The second kappa shape index (κ2) is 8.37. The number of hydrogen-bond acceptors (Lipinski definition) is 5. The van der Waals surface area contributed by atoms with E-state index in [1.54, 1.807) is 17.3 Å². The van der Waals surface area contributed by atoms with Crippen LogP contribution >= 0.6 is 0 Å². The molecule has 1 unspecified atom stereocenters. The number of carbonyl (C=O) groups is 2. The quantitative estimate of drug-likeness (QED) is 0.797. The summed E-state index contributed by atoms with van der Waals surface area (Å²) in [5.41, 5.74) is 0.836. The fourth-order valence-electron chi connectivity index (χ4n) is 3.80. The molecule has 2 aliphatic heterocycles. The average Bonchev–Trinajstić information content (AvgIpc) is 3.13. The molecule has 2 aliphatic rings. The summed E-state index contributed by atoms with van der Waals surface area (Å²) < 4.78 is 5.79. The molecule has 4 rings (SSSR count). The second-order valence-corrected chi connectivity index (χ2v) is 7.30. The number of rotatable bonds is 5. The molecular weight excluding hydrogens is 356 g/mol. The number of para-hydroxylation sites is 1. The molecule has 7 heteroatoms. The van der Waals surface area contributed by atoms with Crippen molar-refractivity contribution in [2.24, 2.45) is 0 Å². The molecule has 1 atom stereocenters. The van der Waals surface area contributed by atoms with E-state index in [9.17, 15) is 9.59 Å². The molecule has 2 aromatic rings. The summed E-state index contributed by atoms with van der Waals surface area (Å²) in [6.45, 7) is 2.20. The lowest BCUT2D eigenvalue weighted by atomic mass is 9.95. The highest BCUT2D eigenvalue weighted by Crippen LogP contribution is 2.27. The molecule has 2 fully saturated rings. The highest BCUT2D eigenvalue weighted by molar-refractivity contribution is 5.86. The summed E-state index contributed by atoms with van der Waals surface area (Å²) in [7, 11) is 0. The van der Waals surface area contributed by atoms with Gasteiger partial charge in [-0.2, -0.15) is 0 Å². The number of likely N-dealkylation sites (tertiary alicyclic amines) is 2. The van der Waals surface area contributed by atoms with E-state index in [0.717, 1.165) is 31.5 Å². The summed E-state index contributed by atoms with van der Waals surface area (Å²) in [6.07, 6.45) is 6.62. The minimum absolute atomic E-state index is 0.0181. The Labute approximate surface area is 164 Å². The van der Waals surface area contributed by atoms with Crippen LogP contribution in [0, 0.1) is 0 Å². The van der Waals surface area contributed by atoms with Gasteiger partial charge in [-0.3, -0.25) is 14.6 Å². The zero-order valence-electron chi connectivity index (χ0n) is 15.8. The topological polar surface area (TPSA) is 75.6 Å². The van der Waals surface area contributed by atoms with Gasteiger partial charge in [0, 0.05) is 38.2 Å². The van der Waals surface area contributed by atoms with Crippen LogP contribution in [0.25, 0.3) is 0 Å². The lowest BCUT2D eigenvalue weighted by Gasteiger charge is -2.33. The molecule has 2 saturated heterocycles. The van der Waals surface area contributed by atoms with Crippen molar-refractivity contribution < 1.29 is 14.3 Å². The maximum Gasteiger partial charge on any atom is 0.242 e. The number of carbonyl (C=O) groups excluding carboxylic acids is 2. The van der Waals surface area contributed by atoms with E-state index in [1.807, 2.05) is 35.2 Å². The SMILES string of the molecule is O=C1CCCN1CC(=O)N1CCCC(c2cncc(Oc3ccccc3)n2)C1. The molecule has 7 nitrogen and oxygen atoms in total. The Morgan fingerprint density at radius 1 is 1.14 bits per heavy atom. The lowest BCUT2D eigenvalue weighted by Crippen LogP contribution is -2.45.